The van der Waals surface area contributed by atoms with E-state index in [9.17, 15) is 9.59 Å². The summed E-state index contributed by atoms with van der Waals surface area (Å²) < 4.78 is 1.99. The number of nitrogens with one attached hydrogen (secondary N) is 1. The molecule has 1 aromatic heterocycles. The number of aryl methyl sites for hydroxylation is 1. The molecule has 1 aliphatic heterocycles. The van der Waals surface area contributed by atoms with Crippen LogP contribution in [0, 0.1) is 12.3 Å². The lowest BCUT2D eigenvalue weighted by atomic mass is 9.70. The van der Waals surface area contributed by atoms with Crippen LogP contribution in [-0.2, 0) is 4.79 Å². The third-order valence-corrected chi connectivity index (χ3v) is 7.47. The van der Waals surface area contributed by atoms with E-state index in [1.165, 1.54) is 5.56 Å². The molecule has 2 aromatic carbocycles. The van der Waals surface area contributed by atoms with Gasteiger partial charge in [-0.1, -0.05) is 56.4 Å². The maximum Gasteiger partial charge on any atom is 0.255 e. The van der Waals surface area contributed by atoms with Crippen LogP contribution in [0.1, 0.15) is 61.5 Å². The van der Waals surface area contributed by atoms with Gasteiger partial charge in [-0.25, -0.2) is 4.98 Å². The Kier molecular flexibility index (Phi) is 8.34. The molecule has 0 radical (unpaired) electrons. The molecule has 4 rings (SSSR count). The Morgan fingerprint density at radius 1 is 1.13 bits per heavy atom. The zero-order valence-corrected chi connectivity index (χ0v) is 23.6. The van der Waals surface area contributed by atoms with Crippen molar-refractivity contribution in [3.63, 3.8) is 0 Å². The highest BCUT2D eigenvalue weighted by Gasteiger charge is 2.38. The van der Waals surface area contributed by atoms with Crippen LogP contribution in [0.4, 0.5) is 5.69 Å². The number of rotatable bonds is 7. The Bertz CT molecular complexity index is 1410. The van der Waals surface area contributed by atoms with Crippen molar-refractivity contribution in [3.05, 3.63) is 114 Å². The Labute approximate surface area is 231 Å². The van der Waals surface area contributed by atoms with E-state index in [4.69, 9.17) is 0 Å². The van der Waals surface area contributed by atoms with Gasteiger partial charge >= 0.3 is 0 Å². The minimum absolute atomic E-state index is 0.0130. The fourth-order valence-electron chi connectivity index (χ4n) is 5.24. The quantitative estimate of drug-likeness (QED) is 0.272. The standard InChI is InChI=1S/C33H38N4O2/c1-7-25(10-8-23(2)3)31(38)35-30-20-27(11-9-24(30)4)32(39)36-18-16-29(33(5,6)21-36)26-12-14-28(15-13-26)37-19-17-34-22-37/h7-15,17,19-20,22,29H,2,16,18,21H2,1,3-6H3,(H,35,38)/b10-8-,25-7+. The number of anilines is 1. The fourth-order valence-corrected chi connectivity index (χ4v) is 5.24. The first-order valence-corrected chi connectivity index (χ1v) is 13.4. The van der Waals surface area contributed by atoms with Crippen LogP contribution in [0.5, 0.6) is 0 Å². The summed E-state index contributed by atoms with van der Waals surface area (Å²) in [5.41, 5.74) is 5.80. The van der Waals surface area contributed by atoms with E-state index in [1.54, 1.807) is 36.8 Å². The number of carbonyl (C=O) groups is 2. The molecule has 1 aliphatic rings. The lowest BCUT2D eigenvalue weighted by Gasteiger charge is -2.44. The highest BCUT2D eigenvalue weighted by atomic mass is 16.2. The molecule has 6 heteroatoms. The van der Waals surface area contributed by atoms with Gasteiger partial charge in [0.05, 0.1) is 6.33 Å². The monoisotopic (exact) mass is 522 g/mol. The number of likely N-dealkylation sites (tertiary alicyclic amines) is 1. The molecule has 1 N–H and O–H groups in total. The molecule has 202 valence electrons. The summed E-state index contributed by atoms with van der Waals surface area (Å²) in [5, 5.41) is 2.98. The highest BCUT2D eigenvalue weighted by molar-refractivity contribution is 6.07. The first-order chi connectivity index (χ1) is 18.6. The number of hydrogen-bond acceptors (Lipinski definition) is 3. The van der Waals surface area contributed by atoms with Gasteiger partial charge in [-0.3, -0.25) is 9.59 Å². The topological polar surface area (TPSA) is 67.2 Å². The van der Waals surface area contributed by atoms with Gasteiger partial charge in [0.15, 0.2) is 0 Å². The van der Waals surface area contributed by atoms with Gasteiger partial charge in [0.2, 0.25) is 0 Å². The molecule has 2 heterocycles. The van der Waals surface area contributed by atoms with Crippen LogP contribution in [0.3, 0.4) is 0 Å². The highest BCUT2D eigenvalue weighted by Crippen LogP contribution is 2.42. The number of amides is 2. The molecule has 2 amide bonds. The van der Waals surface area contributed by atoms with Gasteiger partial charge in [0.25, 0.3) is 11.8 Å². The smallest absolute Gasteiger partial charge is 0.255 e. The Morgan fingerprint density at radius 3 is 2.49 bits per heavy atom. The van der Waals surface area contributed by atoms with E-state index in [-0.39, 0.29) is 17.2 Å². The van der Waals surface area contributed by atoms with Crippen LogP contribution in [-0.4, -0.2) is 39.4 Å². The van der Waals surface area contributed by atoms with Crippen molar-refractivity contribution in [1.29, 1.82) is 0 Å². The Balaban J connectivity index is 1.46. The van der Waals surface area contributed by atoms with E-state index in [2.05, 4.69) is 55.0 Å². The summed E-state index contributed by atoms with van der Waals surface area (Å²) in [6, 6.07) is 14.2. The normalized spacial score (nSPS) is 17.3. The molecular weight excluding hydrogens is 484 g/mol. The van der Waals surface area contributed by atoms with E-state index < -0.39 is 0 Å². The van der Waals surface area contributed by atoms with Crippen molar-refractivity contribution in [2.45, 2.75) is 47.0 Å². The van der Waals surface area contributed by atoms with Gasteiger partial charge in [-0.05, 0) is 80.0 Å². The second kappa shape index (κ2) is 11.7. The van der Waals surface area contributed by atoms with Crippen molar-refractivity contribution >= 4 is 17.5 Å². The predicted octanol–water partition coefficient (Wildman–Crippen LogP) is 6.85. The molecule has 6 nitrogen and oxygen atoms in total. The average Bonchev–Trinajstić information content (AvgIpc) is 3.44. The molecule has 1 fully saturated rings. The molecule has 39 heavy (non-hydrogen) atoms. The molecule has 0 spiro atoms. The molecule has 0 bridgehead atoms. The van der Waals surface area contributed by atoms with E-state index >= 15 is 0 Å². The lowest BCUT2D eigenvalue weighted by molar-refractivity contribution is -0.112. The SMILES string of the molecule is C=C(C)/C=C\C(=C/C)C(=O)Nc1cc(C(=O)N2CCC(c3ccc(-n4ccnc4)cc3)C(C)(C)C2)ccc1C. The van der Waals surface area contributed by atoms with Crippen LogP contribution >= 0.6 is 0 Å². The van der Waals surface area contributed by atoms with E-state index in [1.807, 2.05) is 48.6 Å². The molecular formula is C33H38N4O2. The Hall–Kier alpha value is -4.19. The zero-order valence-electron chi connectivity index (χ0n) is 23.6. The second-order valence-corrected chi connectivity index (χ2v) is 11.0. The second-order valence-electron chi connectivity index (χ2n) is 11.0. The third-order valence-electron chi connectivity index (χ3n) is 7.47. The summed E-state index contributed by atoms with van der Waals surface area (Å²) in [6.45, 7) is 15.3. The lowest BCUT2D eigenvalue weighted by Crippen LogP contribution is -2.47. The first-order valence-electron chi connectivity index (χ1n) is 13.4. The van der Waals surface area contributed by atoms with Crippen LogP contribution < -0.4 is 5.32 Å². The molecule has 1 unspecified atom stereocenters. The number of hydrogen-bond donors (Lipinski definition) is 1. The van der Waals surface area contributed by atoms with Gasteiger partial charge in [0, 0.05) is 48.0 Å². The number of aromatic nitrogens is 2. The molecule has 1 saturated heterocycles. The number of carbonyl (C=O) groups excluding carboxylic acids is 2. The van der Waals surface area contributed by atoms with E-state index in [0.717, 1.165) is 23.2 Å². The summed E-state index contributed by atoms with van der Waals surface area (Å²) in [5.74, 6) is 0.113. The Morgan fingerprint density at radius 2 is 1.87 bits per heavy atom. The predicted molar refractivity (Wildman–Crippen MR) is 158 cm³/mol. The molecule has 1 atom stereocenters. The minimum Gasteiger partial charge on any atom is -0.338 e. The summed E-state index contributed by atoms with van der Waals surface area (Å²) >= 11 is 0. The summed E-state index contributed by atoms with van der Waals surface area (Å²) in [6.07, 6.45) is 11.7. The van der Waals surface area contributed by atoms with Crippen molar-refractivity contribution in [3.8, 4) is 5.69 Å². The molecule has 3 aromatic rings. The summed E-state index contributed by atoms with van der Waals surface area (Å²) in [4.78, 5) is 32.5. The first kappa shape index (κ1) is 27.8. The van der Waals surface area contributed by atoms with Gasteiger partial charge in [-0.2, -0.15) is 0 Å². The average molecular weight is 523 g/mol. The summed E-state index contributed by atoms with van der Waals surface area (Å²) in [7, 11) is 0. The van der Waals surface area contributed by atoms with Crippen molar-refractivity contribution in [2.75, 3.05) is 18.4 Å². The maximum absolute atomic E-state index is 13.6. The molecule has 0 saturated carbocycles. The van der Waals surface area contributed by atoms with Crippen molar-refractivity contribution in [1.82, 2.24) is 14.5 Å². The van der Waals surface area contributed by atoms with Crippen molar-refractivity contribution in [2.24, 2.45) is 5.41 Å². The third kappa shape index (κ3) is 6.45. The van der Waals surface area contributed by atoms with Crippen molar-refractivity contribution < 1.29 is 9.59 Å². The molecule has 0 aliphatic carbocycles. The van der Waals surface area contributed by atoms with Crippen LogP contribution in [0.25, 0.3) is 5.69 Å². The number of imidazole rings is 1. The number of nitrogens with zero attached hydrogens (tertiary/aromatic N) is 3. The number of allylic oxidation sites excluding steroid dienone is 3. The maximum atomic E-state index is 13.6. The van der Waals surface area contributed by atoms with Crippen LogP contribution in [0.15, 0.2) is 97.1 Å². The van der Waals surface area contributed by atoms with Gasteiger partial charge < -0.3 is 14.8 Å². The number of piperidine rings is 1. The van der Waals surface area contributed by atoms with E-state index in [0.29, 0.717) is 35.8 Å². The van der Waals surface area contributed by atoms with Gasteiger partial charge in [-0.15, -0.1) is 0 Å². The fraction of sp³-hybridized carbons (Fsp3) is 0.303. The zero-order chi connectivity index (χ0) is 28.2. The number of benzene rings is 2. The van der Waals surface area contributed by atoms with Crippen LogP contribution in [0.2, 0.25) is 0 Å². The largest absolute Gasteiger partial charge is 0.338 e. The minimum atomic E-state index is -0.219. The van der Waals surface area contributed by atoms with Gasteiger partial charge in [0.1, 0.15) is 0 Å².